The number of hydrogen-bond acceptors (Lipinski definition) is 7. The van der Waals surface area contributed by atoms with E-state index in [2.05, 4.69) is 4.90 Å². The monoisotopic (exact) mass is 386 g/mol. The zero-order chi connectivity index (χ0) is 19.1. The van der Waals surface area contributed by atoms with Gasteiger partial charge < -0.3 is 30.6 Å². The molecule has 4 N–H and O–H groups in total. The van der Waals surface area contributed by atoms with Gasteiger partial charge in [0.1, 0.15) is 16.6 Å². The molecule has 3 aliphatic rings. The molecule has 146 valence electrons. The molecule has 0 radical (unpaired) electrons. The molecule has 9 heteroatoms. The first kappa shape index (κ1) is 19.1. The molecule has 0 aromatic carbocycles. The average molecular weight is 387 g/mol. The smallest absolute Gasteiger partial charge is 0.416 e. The lowest BCUT2D eigenvalue weighted by molar-refractivity contribution is -0.195. The molecule has 2 fully saturated rings. The van der Waals surface area contributed by atoms with Crippen molar-refractivity contribution >= 4 is 17.7 Å². The molecule has 0 bridgehead atoms. The van der Waals surface area contributed by atoms with Crippen molar-refractivity contribution in [1.29, 1.82) is 0 Å². The van der Waals surface area contributed by atoms with Crippen molar-refractivity contribution in [3.8, 4) is 0 Å². The molecule has 1 spiro atoms. The number of rotatable bonds is 1. The second kappa shape index (κ2) is 6.83. The number of halogens is 1. The van der Waals surface area contributed by atoms with E-state index in [0.29, 0.717) is 44.8 Å². The van der Waals surface area contributed by atoms with Crippen molar-refractivity contribution in [2.45, 2.75) is 51.0 Å². The van der Waals surface area contributed by atoms with Gasteiger partial charge in [-0.3, -0.25) is 4.90 Å². The SMILES string of the molecule is CC(C)(C)OC(=O)N1CC2CC3(CCN2C(/C=C(\N)Cl)=C1N)OCCO3. The Morgan fingerprint density at radius 1 is 1.38 bits per heavy atom. The summed E-state index contributed by atoms with van der Waals surface area (Å²) in [4.78, 5) is 16.2. The van der Waals surface area contributed by atoms with E-state index in [-0.39, 0.29) is 17.0 Å². The van der Waals surface area contributed by atoms with Crippen molar-refractivity contribution in [3.05, 3.63) is 22.8 Å². The molecule has 0 saturated carbocycles. The Labute approximate surface area is 158 Å². The molecule has 26 heavy (non-hydrogen) atoms. The normalized spacial score (nSPS) is 26.3. The zero-order valence-corrected chi connectivity index (χ0v) is 16.2. The lowest BCUT2D eigenvalue weighted by Crippen LogP contribution is -2.59. The summed E-state index contributed by atoms with van der Waals surface area (Å²) in [5.41, 5.74) is 12.0. The molecule has 1 amide bonds. The van der Waals surface area contributed by atoms with Crippen LogP contribution in [0, 0.1) is 0 Å². The van der Waals surface area contributed by atoms with Crippen LogP contribution in [0.5, 0.6) is 0 Å². The van der Waals surface area contributed by atoms with Gasteiger partial charge in [-0.15, -0.1) is 0 Å². The highest BCUT2D eigenvalue weighted by Gasteiger charge is 2.48. The topological polar surface area (TPSA) is 103 Å². The molecule has 2 saturated heterocycles. The van der Waals surface area contributed by atoms with E-state index >= 15 is 0 Å². The van der Waals surface area contributed by atoms with E-state index in [1.54, 1.807) is 6.08 Å². The molecular formula is C17H27ClN4O4. The highest BCUT2D eigenvalue weighted by Crippen LogP contribution is 2.39. The van der Waals surface area contributed by atoms with Gasteiger partial charge >= 0.3 is 6.09 Å². The van der Waals surface area contributed by atoms with Crippen LogP contribution in [0.25, 0.3) is 0 Å². The van der Waals surface area contributed by atoms with Gasteiger partial charge in [0.25, 0.3) is 0 Å². The van der Waals surface area contributed by atoms with Gasteiger partial charge in [-0.1, -0.05) is 11.6 Å². The molecule has 0 aliphatic carbocycles. The largest absolute Gasteiger partial charge is 0.443 e. The third kappa shape index (κ3) is 3.87. The number of amides is 1. The first-order valence-electron chi connectivity index (χ1n) is 8.78. The minimum Gasteiger partial charge on any atom is -0.443 e. The van der Waals surface area contributed by atoms with E-state index in [0.717, 1.165) is 0 Å². The van der Waals surface area contributed by atoms with Crippen LogP contribution in [-0.2, 0) is 14.2 Å². The number of piperidine rings is 1. The third-order valence-corrected chi connectivity index (χ3v) is 4.79. The van der Waals surface area contributed by atoms with Crippen LogP contribution in [0.3, 0.4) is 0 Å². The van der Waals surface area contributed by atoms with Crippen LogP contribution in [0.15, 0.2) is 22.8 Å². The molecule has 3 rings (SSSR count). The minimum atomic E-state index is -0.624. The van der Waals surface area contributed by atoms with Gasteiger partial charge in [-0.25, -0.2) is 4.79 Å². The molecule has 1 atom stereocenters. The Hall–Kier alpha value is -1.64. The summed E-state index contributed by atoms with van der Waals surface area (Å²) < 4.78 is 17.2. The molecule has 3 aliphatic heterocycles. The second-order valence-electron chi connectivity index (χ2n) is 7.80. The van der Waals surface area contributed by atoms with Gasteiger partial charge in [0, 0.05) is 19.4 Å². The number of nitrogens with zero attached hydrogens (tertiary/aromatic N) is 2. The lowest BCUT2D eigenvalue weighted by Gasteiger charge is -2.49. The number of fused-ring (bicyclic) bond motifs is 1. The van der Waals surface area contributed by atoms with E-state index in [1.807, 2.05) is 20.8 Å². The van der Waals surface area contributed by atoms with E-state index in [1.165, 1.54) is 4.90 Å². The molecule has 1 unspecified atom stereocenters. The van der Waals surface area contributed by atoms with Gasteiger partial charge in [0.15, 0.2) is 5.79 Å². The Balaban J connectivity index is 1.91. The summed E-state index contributed by atoms with van der Waals surface area (Å²) in [7, 11) is 0. The second-order valence-corrected chi connectivity index (χ2v) is 8.24. The van der Waals surface area contributed by atoms with Crippen molar-refractivity contribution in [2.75, 3.05) is 26.3 Å². The number of ether oxygens (including phenoxy) is 3. The molecular weight excluding hydrogens is 360 g/mol. The summed E-state index contributed by atoms with van der Waals surface area (Å²) >= 11 is 5.90. The maximum absolute atomic E-state index is 12.7. The molecule has 8 nitrogen and oxygen atoms in total. The van der Waals surface area contributed by atoms with Crippen molar-refractivity contribution < 1.29 is 19.0 Å². The fourth-order valence-electron chi connectivity index (χ4n) is 3.66. The van der Waals surface area contributed by atoms with Crippen LogP contribution in [-0.4, -0.2) is 59.6 Å². The average Bonchev–Trinajstić information content (AvgIpc) is 2.95. The van der Waals surface area contributed by atoms with E-state index < -0.39 is 17.5 Å². The summed E-state index contributed by atoms with van der Waals surface area (Å²) in [5, 5.41) is 0.0985. The fraction of sp³-hybridized carbons (Fsp3) is 0.706. The lowest BCUT2D eigenvalue weighted by atomic mass is 9.93. The maximum Gasteiger partial charge on any atom is 0.416 e. The van der Waals surface area contributed by atoms with E-state index in [9.17, 15) is 4.79 Å². The highest BCUT2D eigenvalue weighted by molar-refractivity contribution is 6.29. The highest BCUT2D eigenvalue weighted by atomic mass is 35.5. The van der Waals surface area contributed by atoms with Crippen molar-refractivity contribution in [2.24, 2.45) is 11.5 Å². The van der Waals surface area contributed by atoms with Crippen LogP contribution < -0.4 is 11.5 Å². The first-order valence-corrected chi connectivity index (χ1v) is 9.15. The van der Waals surface area contributed by atoms with Crippen LogP contribution >= 0.6 is 11.6 Å². The Morgan fingerprint density at radius 3 is 2.62 bits per heavy atom. The Bertz CT molecular complexity index is 633. The van der Waals surface area contributed by atoms with Gasteiger partial charge in [-0.05, 0) is 26.8 Å². The molecule has 0 aromatic rings. The fourth-order valence-corrected chi connectivity index (χ4v) is 3.76. The first-order chi connectivity index (χ1) is 12.1. The predicted octanol–water partition coefficient (Wildman–Crippen LogP) is 1.61. The van der Waals surface area contributed by atoms with Crippen LogP contribution in [0.1, 0.15) is 33.6 Å². The summed E-state index contributed by atoms with van der Waals surface area (Å²) in [6.45, 7) is 7.67. The summed E-state index contributed by atoms with van der Waals surface area (Å²) in [5.74, 6) is -0.308. The van der Waals surface area contributed by atoms with Crippen molar-refractivity contribution in [3.63, 3.8) is 0 Å². The standard InChI is InChI=1S/C17H27ClN4O4/c1-16(2,3)26-15(23)22-10-11-9-17(24-6-7-25-17)4-5-21(11)12(14(22)20)8-13(18)19/h8,11H,4-7,9-10,19-20H2,1-3H3/b13-8-. The predicted molar refractivity (Wildman–Crippen MR) is 96.6 cm³/mol. The Kier molecular flexibility index (Phi) is 5.02. The molecule has 3 heterocycles. The summed E-state index contributed by atoms with van der Waals surface area (Å²) in [6.07, 6.45) is 2.41. The van der Waals surface area contributed by atoms with E-state index in [4.69, 9.17) is 37.3 Å². The number of nitrogens with two attached hydrogens (primary N) is 2. The third-order valence-electron chi connectivity index (χ3n) is 4.68. The Morgan fingerprint density at radius 2 is 2.04 bits per heavy atom. The van der Waals surface area contributed by atoms with Gasteiger partial charge in [0.05, 0.1) is 31.5 Å². The number of carbonyl (C=O) groups is 1. The maximum atomic E-state index is 12.7. The quantitative estimate of drug-likeness (QED) is 0.660. The van der Waals surface area contributed by atoms with Crippen LogP contribution in [0.4, 0.5) is 4.79 Å². The van der Waals surface area contributed by atoms with Crippen LogP contribution in [0.2, 0.25) is 0 Å². The summed E-state index contributed by atoms with van der Waals surface area (Å²) in [6, 6.07) is -0.0380. The van der Waals surface area contributed by atoms with Crippen molar-refractivity contribution in [1.82, 2.24) is 9.80 Å². The van der Waals surface area contributed by atoms with Gasteiger partial charge in [-0.2, -0.15) is 0 Å². The number of allylic oxidation sites excluding steroid dienone is 1. The zero-order valence-electron chi connectivity index (χ0n) is 15.5. The van der Waals surface area contributed by atoms with Gasteiger partial charge in [0.2, 0.25) is 0 Å². The minimum absolute atomic E-state index is 0.0380. The molecule has 0 aromatic heterocycles. The number of carbonyl (C=O) groups excluding carboxylic acids is 1. The number of hydrogen-bond donors (Lipinski definition) is 2.